The van der Waals surface area contributed by atoms with Gasteiger partial charge in [0.05, 0.1) is 49.2 Å². The number of fused-ring (bicyclic) bond motifs is 4. The molecule has 3 saturated heterocycles. The molecule has 0 bridgehead atoms. The number of hydrogen-bond donors (Lipinski definition) is 4. The van der Waals surface area contributed by atoms with Gasteiger partial charge in [0.25, 0.3) is 0 Å². The fraction of sp³-hybridized carbons (Fsp3) is 0.974. The number of carbonyl (C=O) groups is 1. The van der Waals surface area contributed by atoms with Crippen LogP contribution in [0.5, 0.6) is 0 Å². The molecule has 0 radical (unpaired) electrons. The van der Waals surface area contributed by atoms with Crippen molar-refractivity contribution in [1.82, 2.24) is 10.2 Å². The molecule has 9 nitrogen and oxygen atoms in total. The Morgan fingerprint density at radius 2 is 1.77 bits per heavy atom. The van der Waals surface area contributed by atoms with Gasteiger partial charge in [-0.1, -0.05) is 34.6 Å². The summed E-state index contributed by atoms with van der Waals surface area (Å²) in [7, 11) is 0. The van der Waals surface area contributed by atoms with Crippen LogP contribution in [-0.4, -0.2) is 101 Å². The van der Waals surface area contributed by atoms with Crippen LogP contribution in [0.4, 0.5) is 0 Å². The van der Waals surface area contributed by atoms with Crippen molar-refractivity contribution in [2.24, 2.45) is 50.7 Å². The van der Waals surface area contributed by atoms with Crippen LogP contribution in [0.3, 0.4) is 0 Å². The van der Waals surface area contributed by atoms with Crippen LogP contribution >= 0.6 is 0 Å². The number of hydrogen-bond acceptors (Lipinski definition) is 8. The van der Waals surface area contributed by atoms with Crippen LogP contribution in [0.1, 0.15) is 113 Å². The molecule has 5 aliphatic carbocycles. The molecule has 15 atom stereocenters. The fourth-order valence-corrected chi connectivity index (χ4v) is 14.5. The number of amides is 1. The number of carbonyl (C=O) groups excluding carboxylic acids is 1. The maximum absolute atomic E-state index is 12.6. The number of nitrogens with one attached hydrogen (secondary N) is 1. The van der Waals surface area contributed by atoms with Crippen molar-refractivity contribution in [2.75, 3.05) is 26.2 Å². The molecule has 2 spiro atoms. The molecule has 1 amide bonds. The van der Waals surface area contributed by atoms with E-state index in [0.29, 0.717) is 42.7 Å². The zero-order chi connectivity index (χ0) is 34.2. The molecule has 0 aromatic rings. The second-order valence-electron chi connectivity index (χ2n) is 19.5. The minimum Gasteiger partial charge on any atom is -0.390 e. The van der Waals surface area contributed by atoms with Gasteiger partial charge in [-0.2, -0.15) is 0 Å². The minimum atomic E-state index is -1.26. The summed E-state index contributed by atoms with van der Waals surface area (Å²) in [6, 6.07) is -0.0723. The van der Waals surface area contributed by atoms with Gasteiger partial charge in [-0.15, -0.1) is 0 Å². The van der Waals surface area contributed by atoms with E-state index in [1.165, 1.54) is 19.3 Å². The number of aliphatic hydroxyl groups is 3. The molecule has 48 heavy (non-hydrogen) atoms. The van der Waals surface area contributed by atoms with Crippen molar-refractivity contribution in [2.45, 2.75) is 161 Å². The Kier molecular flexibility index (Phi) is 7.93. The lowest BCUT2D eigenvalue weighted by Crippen LogP contribution is -2.60. The van der Waals surface area contributed by atoms with Crippen molar-refractivity contribution in [1.29, 1.82) is 0 Å². The lowest BCUT2D eigenvalue weighted by Gasteiger charge is -2.64. The summed E-state index contributed by atoms with van der Waals surface area (Å²) in [5, 5.41) is 37.2. The van der Waals surface area contributed by atoms with Gasteiger partial charge >= 0.3 is 0 Å². The smallest absolute Gasteiger partial charge is 0.237 e. The van der Waals surface area contributed by atoms with Crippen LogP contribution in [0.2, 0.25) is 0 Å². The lowest BCUT2D eigenvalue weighted by molar-refractivity contribution is -0.251. The lowest BCUT2D eigenvalue weighted by atomic mass is 9.41. The normalized spacial score (nSPS) is 53.8. The SMILES string of the molecule is C[C@@H]1CC([C@H](O)C(C)(C)O)OC2[C@H]1[C@@]1(C)CC[C@@]34C[C@@]35CCC(O[C@H]3CN(C6CCCNC6=O)CCO3)C(C)(C)[C@@H]5CCC4[C@]1(C)[C@H]2O. The maximum atomic E-state index is 12.6. The van der Waals surface area contributed by atoms with E-state index in [1.807, 2.05) is 0 Å². The van der Waals surface area contributed by atoms with Crippen LogP contribution < -0.4 is 5.32 Å². The summed E-state index contributed by atoms with van der Waals surface area (Å²) in [4.78, 5) is 14.9. The summed E-state index contributed by atoms with van der Waals surface area (Å²) < 4.78 is 19.8. The van der Waals surface area contributed by atoms with Crippen LogP contribution in [-0.2, 0) is 19.0 Å². The van der Waals surface area contributed by atoms with Gasteiger partial charge in [-0.25, -0.2) is 0 Å². The first kappa shape index (κ1) is 34.3. The van der Waals surface area contributed by atoms with E-state index in [4.69, 9.17) is 14.2 Å². The first-order valence-corrected chi connectivity index (χ1v) is 19.5. The van der Waals surface area contributed by atoms with E-state index in [-0.39, 0.29) is 58.0 Å². The minimum absolute atomic E-state index is 0.00257. The van der Waals surface area contributed by atoms with Gasteiger partial charge in [-0.3, -0.25) is 9.69 Å². The summed E-state index contributed by atoms with van der Waals surface area (Å²) in [5.41, 5.74) is -1.01. The van der Waals surface area contributed by atoms with E-state index in [2.05, 4.69) is 44.8 Å². The van der Waals surface area contributed by atoms with Gasteiger partial charge in [0.15, 0.2) is 6.29 Å². The molecule has 0 aromatic heterocycles. The van der Waals surface area contributed by atoms with Crippen molar-refractivity contribution >= 4 is 5.91 Å². The standard InChI is InChI=1S/C39H64N2O7/c1-22-19-24(31(42)35(4,5)45)47-30-29(22)36(6)14-15-39-21-38(39)13-12-27(34(2,3)25(38)10-11-26(39)37(36,7)32(30)43)48-28-20-41(17-18-46-28)23-9-8-16-40-33(23)44/h22-32,42-43,45H,8-21H2,1-7H3,(H,40,44)/t22-,23?,24?,25+,26?,27?,28+,29+,30?,31+,32+,36-,37-,38-,39+/m1/s1. The Labute approximate surface area is 288 Å². The number of aliphatic hydroxyl groups excluding tert-OH is 2. The van der Waals surface area contributed by atoms with Crippen molar-refractivity contribution < 1.29 is 34.3 Å². The second-order valence-corrected chi connectivity index (χ2v) is 19.5. The molecule has 8 aliphatic rings. The molecule has 4 N–H and O–H groups in total. The number of ether oxygens (including phenoxy) is 3. The third-order valence-corrected chi connectivity index (χ3v) is 16.9. The van der Waals surface area contributed by atoms with Gasteiger partial charge in [0.1, 0.15) is 6.10 Å². The quantitative estimate of drug-likeness (QED) is 0.342. The number of morpholine rings is 1. The summed E-state index contributed by atoms with van der Waals surface area (Å²) in [6.07, 6.45) is 8.17. The van der Waals surface area contributed by atoms with Crippen molar-refractivity contribution in [3.8, 4) is 0 Å². The van der Waals surface area contributed by atoms with Crippen LogP contribution in [0, 0.1) is 50.7 Å². The molecule has 3 aliphatic heterocycles. The Bertz CT molecular complexity index is 1290. The first-order valence-electron chi connectivity index (χ1n) is 19.5. The van der Waals surface area contributed by atoms with Gasteiger partial charge in [0, 0.05) is 18.5 Å². The topological polar surface area (TPSA) is 121 Å². The Balaban J connectivity index is 1.01. The predicted octanol–water partition coefficient (Wildman–Crippen LogP) is 4.25. The van der Waals surface area contributed by atoms with Crippen LogP contribution in [0.15, 0.2) is 0 Å². The number of nitrogens with zero attached hydrogens (tertiary/aromatic N) is 1. The highest BCUT2D eigenvalue weighted by Crippen LogP contribution is 2.89. The molecule has 8 rings (SSSR count). The highest BCUT2D eigenvalue weighted by molar-refractivity contribution is 5.82. The first-order chi connectivity index (χ1) is 22.5. The van der Waals surface area contributed by atoms with Gasteiger partial charge < -0.3 is 34.8 Å². The number of piperidine rings is 1. The molecule has 8 fully saturated rings. The van der Waals surface area contributed by atoms with E-state index >= 15 is 0 Å². The highest BCUT2D eigenvalue weighted by Gasteiger charge is 2.84. The van der Waals surface area contributed by atoms with E-state index in [0.717, 1.165) is 51.6 Å². The maximum Gasteiger partial charge on any atom is 0.237 e. The van der Waals surface area contributed by atoms with Crippen LogP contribution in [0.25, 0.3) is 0 Å². The molecule has 272 valence electrons. The highest BCUT2D eigenvalue weighted by atomic mass is 16.7. The zero-order valence-corrected chi connectivity index (χ0v) is 30.7. The third-order valence-electron chi connectivity index (χ3n) is 16.9. The molecule has 5 saturated carbocycles. The monoisotopic (exact) mass is 672 g/mol. The van der Waals surface area contributed by atoms with Gasteiger partial charge in [0.2, 0.25) is 5.91 Å². The predicted molar refractivity (Wildman–Crippen MR) is 181 cm³/mol. The third kappa shape index (κ3) is 4.49. The largest absolute Gasteiger partial charge is 0.390 e. The zero-order valence-electron chi connectivity index (χ0n) is 30.7. The molecule has 5 unspecified atom stereocenters. The Morgan fingerprint density at radius 1 is 1.04 bits per heavy atom. The Hall–Kier alpha value is -0.810. The fourth-order valence-electron chi connectivity index (χ4n) is 14.5. The molecular formula is C39H64N2O7. The molecular weight excluding hydrogens is 608 g/mol. The average molecular weight is 673 g/mol. The second kappa shape index (κ2) is 11.1. The average Bonchev–Trinajstić information content (AvgIpc) is 3.66. The van der Waals surface area contributed by atoms with Crippen molar-refractivity contribution in [3.63, 3.8) is 0 Å². The van der Waals surface area contributed by atoms with Crippen molar-refractivity contribution in [3.05, 3.63) is 0 Å². The number of rotatable bonds is 5. The summed E-state index contributed by atoms with van der Waals surface area (Å²) in [6.45, 7) is 18.1. The molecule has 3 heterocycles. The molecule has 9 heteroatoms. The summed E-state index contributed by atoms with van der Waals surface area (Å²) in [5.74, 6) is 1.69. The van der Waals surface area contributed by atoms with E-state index in [1.54, 1.807) is 13.8 Å². The summed E-state index contributed by atoms with van der Waals surface area (Å²) >= 11 is 0. The van der Waals surface area contributed by atoms with Gasteiger partial charge in [-0.05, 0) is 123 Å². The van der Waals surface area contributed by atoms with E-state index < -0.39 is 23.9 Å². The molecule has 0 aromatic carbocycles. The Morgan fingerprint density at radius 3 is 2.50 bits per heavy atom. The van der Waals surface area contributed by atoms with E-state index in [9.17, 15) is 20.1 Å².